The van der Waals surface area contributed by atoms with Gasteiger partial charge in [-0.25, -0.2) is 9.69 Å². The number of ether oxygens (including phenoxy) is 1. The molecule has 1 heterocycles. The maximum absolute atomic E-state index is 13.0. The molecule has 0 atom stereocenters. The van der Waals surface area contributed by atoms with E-state index in [0.29, 0.717) is 36.7 Å². The second kappa shape index (κ2) is 11.1. The van der Waals surface area contributed by atoms with Gasteiger partial charge in [-0.3, -0.25) is 19.7 Å². The Balaban J connectivity index is 1.51. The van der Waals surface area contributed by atoms with Gasteiger partial charge in [0.15, 0.2) is 6.61 Å². The molecule has 0 bridgehead atoms. The molecule has 0 saturated carbocycles. The lowest BCUT2D eigenvalue weighted by molar-refractivity contribution is -0.122. The van der Waals surface area contributed by atoms with Gasteiger partial charge in [0, 0.05) is 10.7 Å². The summed E-state index contributed by atoms with van der Waals surface area (Å²) in [4.78, 5) is 50.9. The number of nitrogens with one attached hydrogen (secondary N) is 2. The molecule has 3 aromatic carbocycles. The van der Waals surface area contributed by atoms with E-state index in [2.05, 4.69) is 42.5 Å². The highest BCUT2D eigenvalue weighted by Gasteiger charge is 2.36. The highest BCUT2D eigenvalue weighted by Crippen LogP contribution is 2.36. The van der Waals surface area contributed by atoms with E-state index in [9.17, 15) is 19.2 Å². The quantitative estimate of drug-likeness (QED) is 0.274. The predicted molar refractivity (Wildman–Crippen MR) is 143 cm³/mol. The number of urea groups is 1. The number of nitrogens with zero attached hydrogens (tertiary/aromatic N) is 1. The first-order chi connectivity index (χ1) is 17.2. The molecular weight excluding hydrogens is 618 g/mol. The fraction of sp³-hybridized carbons (Fsp3) is 0.0400. The van der Waals surface area contributed by atoms with Crippen LogP contribution in [0.5, 0.6) is 5.75 Å². The van der Waals surface area contributed by atoms with Crippen LogP contribution in [-0.2, 0) is 14.4 Å². The van der Waals surface area contributed by atoms with E-state index >= 15 is 0 Å². The topological polar surface area (TPSA) is 105 Å². The smallest absolute Gasteiger partial charge is 0.335 e. The third kappa shape index (κ3) is 5.84. The lowest BCUT2D eigenvalue weighted by atomic mass is 10.1. The van der Waals surface area contributed by atoms with Gasteiger partial charge in [-0.05, 0) is 92.0 Å². The largest absolute Gasteiger partial charge is 0.481 e. The van der Waals surface area contributed by atoms with E-state index in [-0.39, 0.29) is 18.1 Å². The van der Waals surface area contributed by atoms with E-state index in [1.54, 1.807) is 66.7 Å². The highest BCUT2D eigenvalue weighted by molar-refractivity contribution is 9.11. The molecule has 0 spiro atoms. The van der Waals surface area contributed by atoms with Crippen molar-refractivity contribution in [2.45, 2.75) is 0 Å². The monoisotopic (exact) mass is 631 g/mol. The fourth-order valence-electron chi connectivity index (χ4n) is 3.30. The molecule has 5 amide bonds. The van der Waals surface area contributed by atoms with Crippen LogP contribution in [0, 0.1) is 0 Å². The lowest BCUT2D eigenvalue weighted by Gasteiger charge is -2.26. The van der Waals surface area contributed by atoms with Gasteiger partial charge in [0.25, 0.3) is 17.7 Å². The van der Waals surface area contributed by atoms with Crippen LogP contribution in [0.2, 0.25) is 5.02 Å². The number of barbiturate groups is 1. The second-order valence-electron chi connectivity index (χ2n) is 7.45. The molecule has 0 radical (unpaired) electrons. The number of halogens is 3. The van der Waals surface area contributed by atoms with Crippen LogP contribution in [0.25, 0.3) is 6.08 Å². The summed E-state index contributed by atoms with van der Waals surface area (Å²) in [5, 5.41) is 5.44. The van der Waals surface area contributed by atoms with E-state index in [1.807, 2.05) is 0 Å². The van der Waals surface area contributed by atoms with Crippen molar-refractivity contribution in [1.29, 1.82) is 0 Å². The zero-order valence-electron chi connectivity index (χ0n) is 18.3. The third-order valence-electron chi connectivity index (χ3n) is 4.92. The van der Waals surface area contributed by atoms with Crippen LogP contribution in [0.3, 0.4) is 0 Å². The Morgan fingerprint density at radius 1 is 1.00 bits per heavy atom. The zero-order valence-corrected chi connectivity index (χ0v) is 22.2. The van der Waals surface area contributed by atoms with Crippen molar-refractivity contribution in [3.63, 3.8) is 0 Å². The predicted octanol–water partition coefficient (Wildman–Crippen LogP) is 5.55. The Labute approximate surface area is 227 Å². The summed E-state index contributed by atoms with van der Waals surface area (Å²) in [6.07, 6.45) is 1.37. The van der Waals surface area contributed by atoms with Gasteiger partial charge < -0.3 is 10.1 Å². The molecule has 1 aliphatic rings. The number of benzene rings is 3. The minimum absolute atomic E-state index is 0.215. The van der Waals surface area contributed by atoms with Crippen molar-refractivity contribution in [3.05, 3.63) is 91.8 Å². The van der Waals surface area contributed by atoms with Crippen molar-refractivity contribution >= 4 is 84.7 Å². The first-order valence-electron chi connectivity index (χ1n) is 10.4. The van der Waals surface area contributed by atoms with E-state index in [0.717, 1.165) is 4.90 Å². The molecule has 4 rings (SSSR count). The lowest BCUT2D eigenvalue weighted by Crippen LogP contribution is -2.54. The number of imide groups is 2. The van der Waals surface area contributed by atoms with Crippen molar-refractivity contribution in [3.8, 4) is 5.75 Å². The summed E-state index contributed by atoms with van der Waals surface area (Å²) in [5.41, 5.74) is 1.17. The first-order valence-corrected chi connectivity index (χ1v) is 12.3. The molecule has 0 aromatic heterocycles. The van der Waals surface area contributed by atoms with Crippen molar-refractivity contribution in [2.75, 3.05) is 16.8 Å². The minimum Gasteiger partial charge on any atom is -0.481 e. The summed E-state index contributed by atoms with van der Waals surface area (Å²) < 4.78 is 6.60. The number of carbonyl (C=O) groups excluding carboxylic acids is 4. The van der Waals surface area contributed by atoms with Gasteiger partial charge in [-0.15, -0.1) is 0 Å². The number of amides is 5. The van der Waals surface area contributed by atoms with Gasteiger partial charge in [0.2, 0.25) is 0 Å². The second-order valence-corrected chi connectivity index (χ2v) is 9.60. The number of hydrogen-bond donors (Lipinski definition) is 2. The number of anilines is 2. The summed E-state index contributed by atoms with van der Waals surface area (Å²) in [6.45, 7) is -0.269. The molecule has 1 saturated heterocycles. The van der Waals surface area contributed by atoms with Crippen molar-refractivity contribution in [2.24, 2.45) is 0 Å². The Morgan fingerprint density at radius 3 is 2.28 bits per heavy atom. The molecule has 11 heteroatoms. The number of carbonyl (C=O) groups is 4. The first kappa shape index (κ1) is 25.6. The summed E-state index contributed by atoms with van der Waals surface area (Å²) in [5.74, 6) is -1.58. The van der Waals surface area contributed by atoms with E-state index in [1.165, 1.54) is 6.08 Å². The number of para-hydroxylation sites is 1. The Hall–Kier alpha value is -3.47. The fourth-order valence-corrected chi connectivity index (χ4v) is 4.88. The van der Waals surface area contributed by atoms with Gasteiger partial charge in [0.05, 0.1) is 14.6 Å². The van der Waals surface area contributed by atoms with Gasteiger partial charge in [0.1, 0.15) is 11.3 Å². The Morgan fingerprint density at radius 2 is 1.64 bits per heavy atom. The van der Waals surface area contributed by atoms with E-state index < -0.39 is 17.8 Å². The van der Waals surface area contributed by atoms with E-state index in [4.69, 9.17) is 16.3 Å². The van der Waals surface area contributed by atoms with Crippen LogP contribution >= 0.6 is 43.5 Å². The Kier molecular flexibility index (Phi) is 7.88. The standard InChI is InChI=1S/C25H16Br2ClN3O5/c26-19-11-14(10-18-23(33)30-25(35)31(24(18)34)17-4-2-1-3-5-17)12-20(27)22(19)36-13-21(32)29-16-8-6-15(28)7-9-16/h1-12H,13H2,(H,29,32)(H,30,33,35)/b18-10+. The summed E-state index contributed by atoms with van der Waals surface area (Å²) in [7, 11) is 0. The van der Waals surface area contributed by atoms with Crippen LogP contribution in [0.4, 0.5) is 16.2 Å². The molecule has 8 nitrogen and oxygen atoms in total. The average Bonchev–Trinajstić information content (AvgIpc) is 2.83. The minimum atomic E-state index is -0.823. The van der Waals surface area contributed by atoms with Gasteiger partial charge in [-0.1, -0.05) is 29.8 Å². The van der Waals surface area contributed by atoms with Gasteiger partial charge >= 0.3 is 6.03 Å². The summed E-state index contributed by atoms with van der Waals surface area (Å²) >= 11 is 12.6. The molecule has 3 aromatic rings. The van der Waals surface area contributed by atoms with Crippen LogP contribution in [0.15, 0.2) is 81.2 Å². The maximum atomic E-state index is 13.0. The average molecular weight is 634 g/mol. The molecule has 182 valence electrons. The molecule has 36 heavy (non-hydrogen) atoms. The summed E-state index contributed by atoms with van der Waals surface area (Å²) in [6, 6.07) is 17.4. The van der Waals surface area contributed by atoms with Crippen LogP contribution in [0.1, 0.15) is 5.56 Å². The Bertz CT molecular complexity index is 1370. The molecule has 1 aliphatic heterocycles. The van der Waals surface area contributed by atoms with Crippen molar-refractivity contribution in [1.82, 2.24) is 5.32 Å². The maximum Gasteiger partial charge on any atom is 0.335 e. The van der Waals surface area contributed by atoms with Crippen LogP contribution in [-0.4, -0.2) is 30.4 Å². The molecule has 2 N–H and O–H groups in total. The zero-order chi connectivity index (χ0) is 25.8. The highest BCUT2D eigenvalue weighted by atomic mass is 79.9. The molecular formula is C25H16Br2ClN3O5. The molecule has 0 aliphatic carbocycles. The van der Waals surface area contributed by atoms with Crippen molar-refractivity contribution < 1.29 is 23.9 Å². The number of hydrogen-bond acceptors (Lipinski definition) is 5. The third-order valence-corrected chi connectivity index (χ3v) is 6.35. The normalized spacial score (nSPS) is 14.6. The van der Waals surface area contributed by atoms with Crippen LogP contribution < -0.4 is 20.3 Å². The molecule has 0 unspecified atom stereocenters. The van der Waals surface area contributed by atoms with Gasteiger partial charge in [-0.2, -0.15) is 0 Å². The molecule has 1 fully saturated rings. The number of rotatable bonds is 6. The SMILES string of the molecule is O=C(COc1c(Br)cc(/C=C2\C(=O)NC(=O)N(c3ccccc3)C2=O)cc1Br)Nc1ccc(Cl)cc1.